The normalized spacial score (nSPS) is 28.3. The molecule has 21 heavy (non-hydrogen) atoms. The van der Waals surface area contributed by atoms with Gasteiger partial charge in [0.25, 0.3) is 5.91 Å². The van der Waals surface area contributed by atoms with E-state index in [0.29, 0.717) is 23.5 Å². The van der Waals surface area contributed by atoms with E-state index in [9.17, 15) is 4.79 Å². The lowest BCUT2D eigenvalue weighted by molar-refractivity contribution is 0.0897. The molecule has 1 aromatic carbocycles. The Labute approximate surface area is 122 Å². The molecular formula is C16H14N2O3. The number of rotatable bonds is 1. The standard InChI is InChI=1S/C16H14N2O3/c17-5-4-9-2-1-3-10-11-6-13-14(21-8-20-13)7-12(11)16(19)18-15(9)10/h1,3,6-7,9-10,15H,2,4,8H2,(H,18,19)/t9-,10+,15+/m0/s1. The maximum absolute atomic E-state index is 12.4. The van der Waals surface area contributed by atoms with Gasteiger partial charge in [-0.05, 0) is 30.0 Å². The van der Waals surface area contributed by atoms with Gasteiger partial charge >= 0.3 is 0 Å². The highest BCUT2D eigenvalue weighted by atomic mass is 16.7. The van der Waals surface area contributed by atoms with Crippen molar-refractivity contribution in [1.29, 1.82) is 5.26 Å². The zero-order valence-electron chi connectivity index (χ0n) is 11.3. The van der Waals surface area contributed by atoms with Crippen LogP contribution in [0, 0.1) is 17.2 Å². The van der Waals surface area contributed by atoms with Crippen molar-refractivity contribution in [2.24, 2.45) is 5.92 Å². The predicted octanol–water partition coefficient (Wildman–Crippen LogP) is 2.10. The fourth-order valence-electron chi connectivity index (χ4n) is 3.45. The number of ether oxygens (including phenoxy) is 2. The van der Waals surface area contributed by atoms with E-state index in [1.54, 1.807) is 6.07 Å². The first-order valence-electron chi connectivity index (χ1n) is 7.06. The summed E-state index contributed by atoms with van der Waals surface area (Å²) < 4.78 is 10.8. The average molecular weight is 282 g/mol. The lowest BCUT2D eigenvalue weighted by Crippen LogP contribution is -2.49. The van der Waals surface area contributed by atoms with Crippen LogP contribution in [0.25, 0.3) is 0 Å². The summed E-state index contributed by atoms with van der Waals surface area (Å²) in [5.74, 6) is 1.48. The van der Waals surface area contributed by atoms with Crippen LogP contribution in [0.5, 0.6) is 11.5 Å². The van der Waals surface area contributed by atoms with E-state index in [0.717, 1.165) is 12.0 Å². The molecule has 3 atom stereocenters. The number of allylic oxidation sites excluding steroid dienone is 1. The minimum atomic E-state index is -0.0946. The fraction of sp³-hybridized carbons (Fsp3) is 0.375. The Morgan fingerprint density at radius 2 is 2.14 bits per heavy atom. The van der Waals surface area contributed by atoms with E-state index in [2.05, 4.69) is 23.5 Å². The van der Waals surface area contributed by atoms with Gasteiger partial charge in [0, 0.05) is 23.9 Å². The first-order chi connectivity index (χ1) is 10.3. The van der Waals surface area contributed by atoms with Crippen LogP contribution in [-0.2, 0) is 0 Å². The van der Waals surface area contributed by atoms with E-state index in [1.807, 2.05) is 6.07 Å². The number of nitrogens with zero attached hydrogens (tertiary/aromatic N) is 1. The molecule has 0 unspecified atom stereocenters. The van der Waals surface area contributed by atoms with Crippen molar-refractivity contribution in [2.45, 2.75) is 24.8 Å². The largest absolute Gasteiger partial charge is 0.454 e. The summed E-state index contributed by atoms with van der Waals surface area (Å²) in [4.78, 5) is 12.4. The second-order valence-electron chi connectivity index (χ2n) is 5.60. The van der Waals surface area contributed by atoms with Crippen LogP contribution < -0.4 is 14.8 Å². The molecule has 0 saturated heterocycles. The molecule has 3 aliphatic rings. The van der Waals surface area contributed by atoms with Crippen LogP contribution in [0.2, 0.25) is 0 Å². The smallest absolute Gasteiger partial charge is 0.251 e. The van der Waals surface area contributed by atoms with Crippen molar-refractivity contribution >= 4 is 5.91 Å². The van der Waals surface area contributed by atoms with E-state index in [4.69, 9.17) is 14.7 Å². The van der Waals surface area contributed by atoms with Crippen molar-refractivity contribution in [1.82, 2.24) is 5.32 Å². The Morgan fingerprint density at radius 1 is 1.33 bits per heavy atom. The van der Waals surface area contributed by atoms with Crippen molar-refractivity contribution in [3.63, 3.8) is 0 Å². The summed E-state index contributed by atoms with van der Waals surface area (Å²) >= 11 is 0. The molecule has 106 valence electrons. The number of carbonyl (C=O) groups excluding carboxylic acids is 1. The number of nitrogens with one attached hydrogen (secondary N) is 1. The Balaban J connectivity index is 1.81. The molecule has 0 saturated carbocycles. The SMILES string of the molecule is N#CC[C@@H]1CC=C[C@@H]2c3cc4c(cc3C(=O)N[C@H]12)OCO4. The molecule has 0 spiro atoms. The maximum Gasteiger partial charge on any atom is 0.251 e. The second-order valence-corrected chi connectivity index (χ2v) is 5.60. The third kappa shape index (κ3) is 1.79. The summed E-state index contributed by atoms with van der Waals surface area (Å²) in [6, 6.07) is 5.87. The van der Waals surface area contributed by atoms with Gasteiger partial charge < -0.3 is 14.8 Å². The minimum absolute atomic E-state index is 0.0185. The number of amides is 1. The Morgan fingerprint density at radius 3 is 2.95 bits per heavy atom. The number of nitriles is 1. The van der Waals surface area contributed by atoms with Gasteiger partial charge in [0.2, 0.25) is 6.79 Å². The van der Waals surface area contributed by atoms with Gasteiger partial charge in [0.1, 0.15) is 0 Å². The molecule has 0 radical (unpaired) electrons. The molecular weight excluding hydrogens is 268 g/mol. The van der Waals surface area contributed by atoms with Crippen LogP contribution in [-0.4, -0.2) is 18.7 Å². The minimum Gasteiger partial charge on any atom is -0.454 e. The average Bonchev–Trinajstić information content (AvgIpc) is 2.94. The molecule has 5 nitrogen and oxygen atoms in total. The van der Waals surface area contributed by atoms with Gasteiger partial charge in [-0.3, -0.25) is 4.79 Å². The van der Waals surface area contributed by atoms with Gasteiger partial charge in [-0.2, -0.15) is 5.26 Å². The summed E-state index contributed by atoms with van der Waals surface area (Å²) in [5, 5.41) is 12.0. The monoisotopic (exact) mass is 282 g/mol. The third-order valence-corrected chi connectivity index (χ3v) is 4.48. The van der Waals surface area contributed by atoms with Crippen LogP contribution in [0.4, 0.5) is 0 Å². The highest BCUT2D eigenvalue weighted by Crippen LogP contribution is 2.43. The molecule has 2 aliphatic heterocycles. The van der Waals surface area contributed by atoms with Crippen LogP contribution >= 0.6 is 0 Å². The molecule has 1 aliphatic carbocycles. The van der Waals surface area contributed by atoms with E-state index < -0.39 is 0 Å². The fourth-order valence-corrected chi connectivity index (χ4v) is 3.45. The lowest BCUT2D eigenvalue weighted by Gasteiger charge is -2.39. The molecule has 5 heteroatoms. The van der Waals surface area contributed by atoms with Gasteiger partial charge in [0.05, 0.1) is 6.07 Å². The van der Waals surface area contributed by atoms with E-state index in [-0.39, 0.29) is 30.6 Å². The molecule has 0 bridgehead atoms. The Bertz CT molecular complexity index is 689. The lowest BCUT2D eigenvalue weighted by atomic mass is 9.73. The third-order valence-electron chi connectivity index (χ3n) is 4.48. The van der Waals surface area contributed by atoms with Gasteiger partial charge in [-0.1, -0.05) is 12.2 Å². The molecule has 0 fully saturated rings. The first kappa shape index (κ1) is 12.3. The summed E-state index contributed by atoms with van der Waals surface area (Å²) in [6.07, 6.45) is 5.51. The van der Waals surface area contributed by atoms with Crippen molar-refractivity contribution in [2.75, 3.05) is 6.79 Å². The molecule has 2 heterocycles. The van der Waals surface area contributed by atoms with Crippen LogP contribution in [0.1, 0.15) is 34.7 Å². The zero-order chi connectivity index (χ0) is 14.4. The number of fused-ring (bicyclic) bond motifs is 4. The highest BCUT2D eigenvalue weighted by molar-refractivity contribution is 5.98. The Kier molecular flexibility index (Phi) is 2.64. The summed E-state index contributed by atoms with van der Waals surface area (Å²) in [5.41, 5.74) is 1.61. The number of hydrogen-bond donors (Lipinski definition) is 1. The maximum atomic E-state index is 12.4. The summed E-state index contributed by atoms with van der Waals surface area (Å²) in [7, 11) is 0. The van der Waals surface area contributed by atoms with E-state index in [1.165, 1.54) is 0 Å². The molecule has 1 N–H and O–H groups in total. The number of benzene rings is 1. The van der Waals surface area contributed by atoms with Gasteiger partial charge in [-0.15, -0.1) is 0 Å². The Hall–Kier alpha value is -2.48. The first-order valence-corrected chi connectivity index (χ1v) is 7.06. The molecule has 1 aromatic rings. The van der Waals surface area contributed by atoms with Crippen molar-refractivity contribution in [3.8, 4) is 17.6 Å². The number of hydrogen-bond acceptors (Lipinski definition) is 4. The number of carbonyl (C=O) groups is 1. The quantitative estimate of drug-likeness (QED) is 0.801. The van der Waals surface area contributed by atoms with Crippen LogP contribution in [0.15, 0.2) is 24.3 Å². The van der Waals surface area contributed by atoms with Crippen molar-refractivity contribution in [3.05, 3.63) is 35.4 Å². The summed E-state index contributed by atoms with van der Waals surface area (Å²) in [6.45, 7) is 0.195. The zero-order valence-corrected chi connectivity index (χ0v) is 11.3. The molecule has 0 aromatic heterocycles. The van der Waals surface area contributed by atoms with Gasteiger partial charge in [-0.25, -0.2) is 0 Å². The molecule has 1 amide bonds. The topological polar surface area (TPSA) is 71.4 Å². The van der Waals surface area contributed by atoms with Gasteiger partial charge in [0.15, 0.2) is 11.5 Å². The van der Waals surface area contributed by atoms with Crippen molar-refractivity contribution < 1.29 is 14.3 Å². The molecule has 4 rings (SSSR count). The second kappa shape index (κ2) is 4.52. The predicted molar refractivity (Wildman–Crippen MR) is 74.0 cm³/mol. The highest BCUT2D eigenvalue weighted by Gasteiger charge is 2.39. The van der Waals surface area contributed by atoms with E-state index >= 15 is 0 Å². The van der Waals surface area contributed by atoms with Crippen LogP contribution in [0.3, 0.4) is 0 Å².